The third-order valence-electron chi connectivity index (χ3n) is 5.31. The minimum atomic E-state index is -0.628. The number of benzene rings is 3. The normalized spacial score (nSPS) is 11.1. The van der Waals surface area contributed by atoms with Crippen LogP contribution in [0.15, 0.2) is 87.8 Å². The van der Waals surface area contributed by atoms with Gasteiger partial charge in [-0.25, -0.2) is 4.57 Å². The van der Waals surface area contributed by atoms with E-state index in [0.717, 1.165) is 5.56 Å². The Morgan fingerprint density at radius 3 is 2.23 bits per heavy atom. The predicted octanol–water partition coefficient (Wildman–Crippen LogP) is 6.19. The van der Waals surface area contributed by atoms with Crippen molar-refractivity contribution in [3.63, 3.8) is 0 Å². The van der Waals surface area contributed by atoms with Crippen molar-refractivity contribution in [2.24, 2.45) is 10.2 Å². The van der Waals surface area contributed by atoms with Gasteiger partial charge in [0.1, 0.15) is 11.5 Å². The molecule has 0 spiro atoms. The van der Waals surface area contributed by atoms with E-state index in [4.69, 9.17) is 21.7 Å². The molecule has 3 aromatic carbocycles. The van der Waals surface area contributed by atoms with E-state index < -0.39 is 11.4 Å². The van der Waals surface area contributed by atoms with Crippen LogP contribution in [0.5, 0.6) is 17.4 Å². The highest BCUT2D eigenvalue weighted by Gasteiger charge is 2.21. The zero-order chi connectivity index (χ0) is 24.9. The van der Waals surface area contributed by atoms with Gasteiger partial charge in [0.2, 0.25) is 11.6 Å². The summed E-state index contributed by atoms with van der Waals surface area (Å²) in [5.74, 6) is 0.730. The summed E-state index contributed by atoms with van der Waals surface area (Å²) in [5, 5.41) is 19.5. The summed E-state index contributed by atoms with van der Waals surface area (Å²) >= 11 is 5.70. The van der Waals surface area contributed by atoms with E-state index >= 15 is 0 Å². The maximum atomic E-state index is 13.6. The molecule has 1 aromatic heterocycles. The fraction of sp³-hybridized carbons (Fsp3) is 0.154. The highest BCUT2D eigenvalue weighted by atomic mass is 32.1. The second kappa shape index (κ2) is 10.4. The molecule has 0 bridgehead atoms. The molecule has 0 atom stereocenters. The van der Waals surface area contributed by atoms with Crippen molar-refractivity contribution in [2.45, 2.75) is 13.8 Å². The first-order chi connectivity index (χ1) is 17.0. The molecule has 4 rings (SSSR count). The van der Waals surface area contributed by atoms with Crippen molar-refractivity contribution in [3.8, 4) is 28.8 Å². The molecule has 4 aromatic rings. The van der Waals surface area contributed by atoms with Crippen LogP contribution in [0.4, 0.5) is 11.4 Å². The van der Waals surface area contributed by atoms with Crippen LogP contribution in [0.3, 0.4) is 0 Å². The van der Waals surface area contributed by atoms with Crippen LogP contribution in [0, 0.1) is 11.7 Å². The lowest BCUT2D eigenvalue weighted by Crippen LogP contribution is -2.23. The van der Waals surface area contributed by atoms with E-state index in [9.17, 15) is 9.90 Å². The quantitative estimate of drug-likeness (QED) is 0.247. The van der Waals surface area contributed by atoms with Gasteiger partial charge in [0.15, 0.2) is 4.77 Å². The van der Waals surface area contributed by atoms with Gasteiger partial charge < -0.3 is 14.6 Å². The fourth-order valence-corrected chi connectivity index (χ4v) is 3.98. The maximum Gasteiger partial charge on any atom is 0.290 e. The minimum Gasteiger partial charge on any atom is -0.495 e. The fourth-order valence-electron chi connectivity index (χ4n) is 3.61. The SMILES string of the molecule is CCOc1ccc(N=Nc2c(O)n(-c3ccccc3C)c(=S)n(-c3ccccc3OC)c2=O)cc1. The topological polar surface area (TPSA) is 90.3 Å². The molecule has 1 heterocycles. The number of para-hydroxylation sites is 3. The largest absolute Gasteiger partial charge is 0.495 e. The second-order valence-electron chi connectivity index (χ2n) is 7.52. The van der Waals surface area contributed by atoms with Gasteiger partial charge >= 0.3 is 0 Å². The molecule has 0 aliphatic rings. The third kappa shape index (κ3) is 4.71. The summed E-state index contributed by atoms with van der Waals surface area (Å²) < 4.78 is 13.7. The smallest absolute Gasteiger partial charge is 0.290 e. The molecule has 178 valence electrons. The molecule has 0 saturated carbocycles. The highest BCUT2D eigenvalue weighted by Crippen LogP contribution is 2.32. The Morgan fingerprint density at radius 2 is 1.57 bits per heavy atom. The lowest BCUT2D eigenvalue weighted by Gasteiger charge is -2.18. The van der Waals surface area contributed by atoms with Crippen LogP contribution in [0.1, 0.15) is 12.5 Å². The molecule has 0 aliphatic heterocycles. The van der Waals surface area contributed by atoms with Crippen molar-refractivity contribution < 1.29 is 14.6 Å². The predicted molar refractivity (Wildman–Crippen MR) is 137 cm³/mol. The Balaban J connectivity index is 1.97. The highest BCUT2D eigenvalue weighted by molar-refractivity contribution is 7.71. The Labute approximate surface area is 207 Å². The molecule has 0 unspecified atom stereocenters. The molecule has 35 heavy (non-hydrogen) atoms. The zero-order valence-corrected chi connectivity index (χ0v) is 20.3. The van der Waals surface area contributed by atoms with Gasteiger partial charge in [0.25, 0.3) is 5.56 Å². The first-order valence-electron chi connectivity index (χ1n) is 10.9. The molecule has 0 saturated heterocycles. The van der Waals surface area contributed by atoms with Crippen molar-refractivity contribution in [3.05, 3.63) is 93.5 Å². The number of hydrogen-bond acceptors (Lipinski definition) is 7. The summed E-state index contributed by atoms with van der Waals surface area (Å²) in [5.41, 5.74) is 1.47. The molecule has 0 radical (unpaired) electrons. The first kappa shape index (κ1) is 23.9. The maximum absolute atomic E-state index is 13.6. The van der Waals surface area contributed by atoms with Gasteiger partial charge in [0.05, 0.1) is 30.8 Å². The summed E-state index contributed by atoms with van der Waals surface area (Å²) in [6, 6.07) is 21.3. The second-order valence-corrected chi connectivity index (χ2v) is 7.88. The van der Waals surface area contributed by atoms with Crippen LogP contribution in [0.2, 0.25) is 0 Å². The van der Waals surface area contributed by atoms with Gasteiger partial charge in [-0.1, -0.05) is 30.3 Å². The molecule has 0 amide bonds. The van der Waals surface area contributed by atoms with Gasteiger partial charge in [-0.2, -0.15) is 5.11 Å². The molecule has 0 fully saturated rings. The molecule has 9 heteroatoms. The van der Waals surface area contributed by atoms with Crippen LogP contribution < -0.4 is 15.0 Å². The monoisotopic (exact) mass is 488 g/mol. The van der Waals surface area contributed by atoms with Gasteiger partial charge in [-0.05, 0) is 74.1 Å². The number of rotatable bonds is 7. The van der Waals surface area contributed by atoms with E-state index in [1.54, 1.807) is 54.6 Å². The van der Waals surface area contributed by atoms with Crippen LogP contribution in [-0.2, 0) is 0 Å². The number of aromatic nitrogens is 2. The average molecular weight is 489 g/mol. The summed E-state index contributed by atoms with van der Waals surface area (Å²) in [7, 11) is 1.51. The van der Waals surface area contributed by atoms with E-state index in [1.165, 1.54) is 16.2 Å². The van der Waals surface area contributed by atoms with Crippen LogP contribution in [0.25, 0.3) is 11.4 Å². The van der Waals surface area contributed by atoms with Crippen LogP contribution >= 0.6 is 12.2 Å². The van der Waals surface area contributed by atoms with Gasteiger partial charge in [0, 0.05) is 0 Å². The average Bonchev–Trinajstić information content (AvgIpc) is 2.86. The van der Waals surface area contributed by atoms with E-state index in [-0.39, 0.29) is 10.5 Å². The lowest BCUT2D eigenvalue weighted by molar-refractivity contribution is 0.340. The Morgan fingerprint density at radius 1 is 0.914 bits per heavy atom. The van der Waals surface area contributed by atoms with E-state index in [1.807, 2.05) is 32.0 Å². The summed E-state index contributed by atoms with van der Waals surface area (Å²) in [4.78, 5) is 13.6. The number of nitrogens with zero attached hydrogens (tertiary/aromatic N) is 4. The number of aromatic hydroxyl groups is 1. The van der Waals surface area contributed by atoms with Crippen molar-refractivity contribution in [1.29, 1.82) is 0 Å². The lowest BCUT2D eigenvalue weighted by atomic mass is 10.2. The van der Waals surface area contributed by atoms with E-state index in [2.05, 4.69) is 10.2 Å². The van der Waals surface area contributed by atoms with Crippen molar-refractivity contribution in [1.82, 2.24) is 9.13 Å². The summed E-state index contributed by atoms with van der Waals surface area (Å²) in [6.45, 7) is 4.33. The third-order valence-corrected chi connectivity index (χ3v) is 5.67. The Bertz CT molecular complexity index is 1510. The number of azo groups is 1. The number of hydrogen-bond donors (Lipinski definition) is 1. The Hall–Kier alpha value is -4.24. The van der Waals surface area contributed by atoms with Gasteiger partial charge in [-0.15, -0.1) is 5.11 Å². The van der Waals surface area contributed by atoms with Crippen molar-refractivity contribution in [2.75, 3.05) is 13.7 Å². The number of ether oxygens (including phenoxy) is 2. The Kier molecular flexibility index (Phi) is 7.07. The molecular formula is C26H24N4O4S. The van der Waals surface area contributed by atoms with Crippen molar-refractivity contribution >= 4 is 23.6 Å². The standard InChI is InChI=1S/C26H24N4O4S/c1-4-34-19-15-13-18(14-16-19)27-28-23-24(31)29(20-10-6-5-9-17(20)2)26(35)30(25(23)32)21-11-7-8-12-22(21)33-3/h5-16,31H,4H2,1-3H3. The van der Waals surface area contributed by atoms with E-state index in [0.29, 0.717) is 35.2 Å². The molecule has 0 aliphatic carbocycles. The first-order valence-corrected chi connectivity index (χ1v) is 11.3. The molecule has 1 N–H and O–H groups in total. The number of methoxy groups -OCH3 is 1. The molecule has 8 nitrogen and oxygen atoms in total. The summed E-state index contributed by atoms with van der Waals surface area (Å²) in [6.07, 6.45) is 0. The number of aryl methyl sites for hydroxylation is 1. The molecular weight excluding hydrogens is 464 g/mol. The zero-order valence-electron chi connectivity index (χ0n) is 19.5. The minimum absolute atomic E-state index is 0.0614. The van der Waals surface area contributed by atoms with Crippen LogP contribution in [-0.4, -0.2) is 28.0 Å². The van der Waals surface area contributed by atoms with Gasteiger partial charge in [-0.3, -0.25) is 9.36 Å².